The number of benzene rings is 1. The molecule has 1 aliphatic carbocycles. The van der Waals surface area contributed by atoms with Crippen LogP contribution in [0, 0.1) is 11.8 Å². The van der Waals surface area contributed by atoms with Crippen LogP contribution in [0.15, 0.2) is 29.2 Å². The van der Waals surface area contributed by atoms with Crippen molar-refractivity contribution in [2.24, 2.45) is 11.8 Å². The van der Waals surface area contributed by atoms with E-state index in [4.69, 9.17) is 4.74 Å². The number of ether oxygens (including phenoxy) is 1. The molecule has 2 aliphatic rings. The molecule has 1 saturated heterocycles. The summed E-state index contributed by atoms with van der Waals surface area (Å²) in [4.78, 5) is 12.9. The Kier molecular flexibility index (Phi) is 6.42. The third-order valence-electron chi connectivity index (χ3n) is 5.96. The highest BCUT2D eigenvalue weighted by Gasteiger charge is 2.33. The van der Waals surface area contributed by atoms with Crippen LogP contribution >= 0.6 is 0 Å². The van der Waals surface area contributed by atoms with Crippen molar-refractivity contribution in [3.63, 3.8) is 0 Å². The fourth-order valence-corrected chi connectivity index (χ4v) is 5.56. The van der Waals surface area contributed by atoms with Gasteiger partial charge in [0.15, 0.2) is 0 Å². The monoisotopic (exact) mass is 394 g/mol. The molecule has 3 rings (SSSR count). The molecule has 1 aromatic carbocycles. The van der Waals surface area contributed by atoms with E-state index in [9.17, 15) is 13.2 Å². The van der Waals surface area contributed by atoms with Crippen LogP contribution in [0.2, 0.25) is 0 Å². The van der Waals surface area contributed by atoms with Crippen LogP contribution in [0.1, 0.15) is 45.4 Å². The molecule has 1 saturated carbocycles. The molecule has 0 unspecified atom stereocenters. The molecule has 150 valence electrons. The lowest BCUT2D eigenvalue weighted by molar-refractivity contribution is -0.127. The number of methoxy groups -OCH3 is 1. The van der Waals surface area contributed by atoms with E-state index < -0.39 is 10.0 Å². The number of hydrogen-bond acceptors (Lipinski definition) is 4. The second-order valence-corrected chi connectivity index (χ2v) is 9.67. The lowest BCUT2D eigenvalue weighted by Crippen LogP contribution is -2.47. The number of carbonyl (C=O) groups is 1. The van der Waals surface area contributed by atoms with Crippen molar-refractivity contribution >= 4 is 15.9 Å². The summed E-state index contributed by atoms with van der Waals surface area (Å²) in [5.74, 6) is 1.15. The molecular formula is C20H30N2O4S. The summed E-state index contributed by atoms with van der Waals surface area (Å²) in [6, 6.07) is 6.71. The van der Waals surface area contributed by atoms with Gasteiger partial charge in [0, 0.05) is 25.0 Å². The first-order valence-electron chi connectivity index (χ1n) is 9.86. The smallest absolute Gasteiger partial charge is 0.243 e. The molecule has 2 atom stereocenters. The van der Waals surface area contributed by atoms with Crippen molar-refractivity contribution in [2.75, 3.05) is 20.2 Å². The standard InChI is InChI=1S/C20H30N2O4S/c1-15-5-3-4-6-19(15)21-20(23)16-11-13-22(14-12-16)27(24,25)18-9-7-17(26-2)8-10-18/h7-10,15-16,19H,3-6,11-14H2,1-2H3,(H,21,23)/t15-,19+/m0/s1. The van der Waals surface area contributed by atoms with Crippen molar-refractivity contribution in [1.82, 2.24) is 9.62 Å². The Labute approximate surface area is 162 Å². The maximum absolute atomic E-state index is 12.8. The second kappa shape index (κ2) is 8.61. The van der Waals surface area contributed by atoms with Crippen LogP contribution in [0.4, 0.5) is 0 Å². The van der Waals surface area contributed by atoms with Gasteiger partial charge in [-0.3, -0.25) is 4.79 Å². The first-order valence-corrected chi connectivity index (χ1v) is 11.3. The maximum Gasteiger partial charge on any atom is 0.243 e. The number of carbonyl (C=O) groups excluding carboxylic acids is 1. The van der Waals surface area contributed by atoms with Crippen LogP contribution in [-0.2, 0) is 14.8 Å². The number of hydrogen-bond donors (Lipinski definition) is 1. The molecule has 0 radical (unpaired) electrons. The van der Waals surface area contributed by atoms with Gasteiger partial charge in [0.05, 0.1) is 12.0 Å². The van der Waals surface area contributed by atoms with E-state index in [-0.39, 0.29) is 22.8 Å². The van der Waals surface area contributed by atoms with Gasteiger partial charge in [-0.2, -0.15) is 4.31 Å². The van der Waals surface area contributed by atoms with E-state index in [2.05, 4.69) is 12.2 Å². The lowest BCUT2D eigenvalue weighted by Gasteiger charge is -2.34. The molecule has 0 aromatic heterocycles. The topological polar surface area (TPSA) is 75.7 Å². The number of amides is 1. The van der Waals surface area contributed by atoms with E-state index in [0.29, 0.717) is 37.6 Å². The molecule has 0 spiro atoms. The highest BCUT2D eigenvalue weighted by atomic mass is 32.2. The molecule has 27 heavy (non-hydrogen) atoms. The van der Waals surface area contributed by atoms with Crippen LogP contribution in [0.5, 0.6) is 5.75 Å². The van der Waals surface area contributed by atoms with E-state index in [0.717, 1.165) is 6.42 Å². The Morgan fingerprint density at radius 2 is 1.70 bits per heavy atom. The minimum atomic E-state index is -3.53. The summed E-state index contributed by atoms with van der Waals surface area (Å²) in [6.45, 7) is 2.97. The number of piperidine rings is 1. The van der Waals surface area contributed by atoms with Gasteiger partial charge >= 0.3 is 0 Å². The molecule has 1 aromatic rings. The fraction of sp³-hybridized carbons (Fsp3) is 0.650. The molecule has 1 heterocycles. The van der Waals surface area contributed by atoms with Gasteiger partial charge in [-0.15, -0.1) is 0 Å². The Hall–Kier alpha value is -1.60. The summed E-state index contributed by atoms with van der Waals surface area (Å²) in [5, 5.41) is 3.22. The van der Waals surface area contributed by atoms with Gasteiger partial charge in [-0.05, 0) is 55.9 Å². The van der Waals surface area contributed by atoms with Gasteiger partial charge in [0.2, 0.25) is 15.9 Å². The zero-order chi connectivity index (χ0) is 19.4. The fourth-order valence-electron chi connectivity index (χ4n) is 4.09. The Morgan fingerprint density at radius 1 is 1.07 bits per heavy atom. The van der Waals surface area contributed by atoms with Crippen LogP contribution in [-0.4, -0.2) is 44.9 Å². The zero-order valence-corrected chi connectivity index (χ0v) is 17.0. The first-order chi connectivity index (χ1) is 12.9. The number of nitrogens with one attached hydrogen (secondary N) is 1. The molecule has 1 aliphatic heterocycles. The zero-order valence-electron chi connectivity index (χ0n) is 16.2. The van der Waals surface area contributed by atoms with Crippen LogP contribution in [0.3, 0.4) is 0 Å². The average Bonchev–Trinajstić information content (AvgIpc) is 2.70. The highest BCUT2D eigenvalue weighted by molar-refractivity contribution is 7.89. The SMILES string of the molecule is COc1ccc(S(=O)(=O)N2CCC(C(=O)N[C@@H]3CCCC[C@@H]3C)CC2)cc1. The van der Waals surface area contributed by atoms with Crippen molar-refractivity contribution in [1.29, 1.82) is 0 Å². The lowest BCUT2D eigenvalue weighted by atomic mass is 9.85. The highest BCUT2D eigenvalue weighted by Crippen LogP contribution is 2.27. The molecule has 6 nitrogen and oxygen atoms in total. The van der Waals surface area contributed by atoms with E-state index in [1.54, 1.807) is 31.4 Å². The molecule has 1 amide bonds. The van der Waals surface area contributed by atoms with E-state index >= 15 is 0 Å². The van der Waals surface area contributed by atoms with Gasteiger partial charge in [0.1, 0.15) is 5.75 Å². The molecule has 0 bridgehead atoms. The molecular weight excluding hydrogens is 364 g/mol. The third-order valence-corrected chi connectivity index (χ3v) is 7.87. The number of rotatable bonds is 5. The summed E-state index contributed by atoms with van der Waals surface area (Å²) >= 11 is 0. The summed E-state index contributed by atoms with van der Waals surface area (Å²) in [5.41, 5.74) is 0. The largest absolute Gasteiger partial charge is 0.497 e. The Bertz CT molecular complexity index is 740. The van der Waals surface area contributed by atoms with Crippen molar-refractivity contribution in [3.8, 4) is 5.75 Å². The minimum absolute atomic E-state index is 0.0928. The van der Waals surface area contributed by atoms with Crippen molar-refractivity contribution in [2.45, 2.75) is 56.4 Å². The Morgan fingerprint density at radius 3 is 2.30 bits per heavy atom. The normalized spacial score (nSPS) is 25.1. The average molecular weight is 395 g/mol. The number of sulfonamides is 1. The summed E-state index contributed by atoms with van der Waals surface area (Å²) in [7, 11) is -1.98. The minimum Gasteiger partial charge on any atom is -0.497 e. The predicted octanol–water partition coefficient (Wildman–Crippen LogP) is 2.79. The predicted molar refractivity (Wildman–Crippen MR) is 104 cm³/mol. The van der Waals surface area contributed by atoms with Crippen LogP contribution < -0.4 is 10.1 Å². The Balaban J connectivity index is 1.56. The summed E-state index contributed by atoms with van der Waals surface area (Å²) in [6.07, 6.45) is 5.79. The van der Waals surface area contributed by atoms with E-state index in [1.165, 1.54) is 23.6 Å². The van der Waals surface area contributed by atoms with Gasteiger partial charge in [-0.25, -0.2) is 8.42 Å². The van der Waals surface area contributed by atoms with Gasteiger partial charge < -0.3 is 10.1 Å². The second-order valence-electron chi connectivity index (χ2n) is 7.73. The van der Waals surface area contributed by atoms with Gasteiger partial charge in [0.25, 0.3) is 0 Å². The summed E-state index contributed by atoms with van der Waals surface area (Å²) < 4.78 is 32.2. The first kappa shape index (κ1) is 20.1. The number of nitrogens with zero attached hydrogens (tertiary/aromatic N) is 1. The third kappa shape index (κ3) is 4.63. The quantitative estimate of drug-likeness (QED) is 0.833. The molecule has 2 fully saturated rings. The van der Waals surface area contributed by atoms with Crippen LogP contribution in [0.25, 0.3) is 0 Å². The van der Waals surface area contributed by atoms with Gasteiger partial charge in [-0.1, -0.05) is 19.8 Å². The van der Waals surface area contributed by atoms with E-state index in [1.807, 2.05) is 0 Å². The molecule has 1 N–H and O–H groups in total. The molecule has 7 heteroatoms. The maximum atomic E-state index is 12.8. The van der Waals surface area contributed by atoms with Crippen molar-refractivity contribution < 1.29 is 17.9 Å². The van der Waals surface area contributed by atoms with Crippen molar-refractivity contribution in [3.05, 3.63) is 24.3 Å².